The monoisotopic (exact) mass is 480 g/mol. The van der Waals surface area contributed by atoms with Crippen molar-refractivity contribution in [1.82, 2.24) is 0 Å². The Bertz CT molecular complexity index is 1200. The zero-order valence-corrected chi connectivity index (χ0v) is 20.1. The van der Waals surface area contributed by atoms with Crippen molar-refractivity contribution in [2.24, 2.45) is 0 Å². The summed E-state index contributed by atoms with van der Waals surface area (Å²) in [5, 5.41) is 0.582. The third-order valence-corrected chi connectivity index (χ3v) is 6.41. The van der Waals surface area contributed by atoms with E-state index < -0.39 is 5.82 Å². The minimum atomic E-state index is -0.401. The molecule has 0 aliphatic carbocycles. The van der Waals surface area contributed by atoms with Crippen molar-refractivity contribution in [3.8, 4) is 5.75 Å². The van der Waals surface area contributed by atoms with E-state index >= 15 is 0 Å². The molecule has 0 fully saturated rings. The summed E-state index contributed by atoms with van der Waals surface area (Å²) in [5.74, 6) is -0.0914. The molecular formula is C27H26ClFN2O3. The number of halogens is 2. The van der Waals surface area contributed by atoms with E-state index in [1.54, 1.807) is 29.0 Å². The second kappa shape index (κ2) is 9.85. The van der Waals surface area contributed by atoms with Crippen molar-refractivity contribution >= 4 is 34.8 Å². The fourth-order valence-corrected chi connectivity index (χ4v) is 4.71. The molecule has 0 radical (unpaired) electrons. The summed E-state index contributed by atoms with van der Waals surface area (Å²) in [4.78, 5) is 30.2. The molecule has 1 aliphatic heterocycles. The number of fused-ring (bicyclic) bond motifs is 1. The largest absolute Gasteiger partial charge is 0.496 e. The fraction of sp³-hybridized carbons (Fsp3) is 0.259. The van der Waals surface area contributed by atoms with Gasteiger partial charge in [-0.2, -0.15) is 0 Å². The molecule has 0 N–H and O–H groups in total. The van der Waals surface area contributed by atoms with Gasteiger partial charge in [0, 0.05) is 34.3 Å². The first-order valence-corrected chi connectivity index (χ1v) is 11.6. The maximum atomic E-state index is 13.5. The summed E-state index contributed by atoms with van der Waals surface area (Å²) >= 11 is 6.10. The molecule has 5 nitrogen and oxygen atoms in total. The SMILES string of the molecule is CCC(=O)N(c1ccc(Cl)cc1)C1CC(C)N(C(=O)c2ccc(F)cc2)c2cccc(OC)c21. The Morgan fingerprint density at radius 2 is 1.76 bits per heavy atom. The van der Waals surface area contributed by atoms with E-state index in [0.29, 0.717) is 34.9 Å². The van der Waals surface area contributed by atoms with Gasteiger partial charge in [-0.25, -0.2) is 4.39 Å². The van der Waals surface area contributed by atoms with Crippen LogP contribution in [0, 0.1) is 5.82 Å². The van der Waals surface area contributed by atoms with Gasteiger partial charge in [-0.05, 0) is 74.0 Å². The van der Waals surface area contributed by atoms with Crippen LogP contribution in [0.1, 0.15) is 48.7 Å². The highest BCUT2D eigenvalue weighted by molar-refractivity contribution is 6.30. The Morgan fingerprint density at radius 3 is 2.38 bits per heavy atom. The number of ether oxygens (including phenoxy) is 1. The molecule has 2 amide bonds. The third-order valence-electron chi connectivity index (χ3n) is 6.16. The molecule has 1 aliphatic rings. The highest BCUT2D eigenvalue weighted by Crippen LogP contribution is 2.47. The normalized spacial score (nSPS) is 17.1. The Kier molecular flexibility index (Phi) is 6.89. The average molecular weight is 481 g/mol. The number of benzene rings is 3. The second-order valence-corrected chi connectivity index (χ2v) is 8.71. The van der Waals surface area contributed by atoms with E-state index in [4.69, 9.17) is 16.3 Å². The Balaban J connectivity index is 1.86. The average Bonchev–Trinajstić information content (AvgIpc) is 2.84. The fourth-order valence-electron chi connectivity index (χ4n) is 4.58. The standard InChI is InChI=1S/C27H26ClFN2O3/c1-4-25(32)31(21-14-10-19(28)11-15-21)23-16-17(2)30(22-6-5-7-24(34-3)26(22)23)27(33)18-8-12-20(29)13-9-18/h5-15,17,23H,4,16H2,1-3H3. The molecule has 0 aromatic heterocycles. The first-order chi connectivity index (χ1) is 16.3. The van der Waals surface area contributed by atoms with Crippen molar-refractivity contribution in [2.75, 3.05) is 16.9 Å². The van der Waals surface area contributed by atoms with Crippen LogP contribution in [0.25, 0.3) is 0 Å². The highest BCUT2D eigenvalue weighted by Gasteiger charge is 2.40. The minimum Gasteiger partial charge on any atom is -0.496 e. The molecular weight excluding hydrogens is 455 g/mol. The molecule has 3 aromatic rings. The summed E-state index contributed by atoms with van der Waals surface area (Å²) in [7, 11) is 1.57. The van der Waals surface area contributed by atoms with Gasteiger partial charge in [0.2, 0.25) is 5.91 Å². The van der Waals surface area contributed by atoms with Crippen molar-refractivity contribution < 1.29 is 18.7 Å². The number of carbonyl (C=O) groups is 2. The predicted octanol–water partition coefficient (Wildman–Crippen LogP) is 6.41. The van der Waals surface area contributed by atoms with Gasteiger partial charge in [-0.3, -0.25) is 9.59 Å². The van der Waals surface area contributed by atoms with Gasteiger partial charge in [0.1, 0.15) is 11.6 Å². The van der Waals surface area contributed by atoms with Crippen LogP contribution >= 0.6 is 11.6 Å². The zero-order chi connectivity index (χ0) is 24.4. The van der Waals surface area contributed by atoms with Gasteiger partial charge in [0.05, 0.1) is 18.8 Å². The quantitative estimate of drug-likeness (QED) is 0.424. The molecule has 7 heteroatoms. The van der Waals surface area contributed by atoms with Gasteiger partial charge in [-0.1, -0.05) is 24.6 Å². The lowest BCUT2D eigenvalue weighted by Crippen LogP contribution is -2.48. The second-order valence-electron chi connectivity index (χ2n) is 8.27. The smallest absolute Gasteiger partial charge is 0.258 e. The first-order valence-electron chi connectivity index (χ1n) is 11.2. The van der Waals surface area contributed by atoms with Crippen LogP contribution in [-0.4, -0.2) is 25.0 Å². The number of carbonyl (C=O) groups excluding carboxylic acids is 2. The molecule has 2 atom stereocenters. The molecule has 0 saturated heterocycles. The van der Waals surface area contributed by atoms with Crippen molar-refractivity contribution in [3.05, 3.63) is 88.7 Å². The van der Waals surface area contributed by atoms with Gasteiger partial charge in [-0.15, -0.1) is 0 Å². The van der Waals surface area contributed by atoms with Crippen LogP contribution in [0.4, 0.5) is 15.8 Å². The lowest BCUT2D eigenvalue weighted by atomic mass is 9.88. The van der Waals surface area contributed by atoms with E-state index in [-0.39, 0.29) is 23.9 Å². The zero-order valence-electron chi connectivity index (χ0n) is 19.3. The van der Waals surface area contributed by atoms with Gasteiger partial charge >= 0.3 is 0 Å². The van der Waals surface area contributed by atoms with Crippen LogP contribution in [0.15, 0.2) is 66.7 Å². The number of anilines is 2. The molecule has 176 valence electrons. The van der Waals surface area contributed by atoms with Crippen LogP contribution in [-0.2, 0) is 4.79 Å². The summed E-state index contributed by atoms with van der Waals surface area (Å²) in [5.41, 5.74) is 2.54. The summed E-state index contributed by atoms with van der Waals surface area (Å²) < 4.78 is 19.2. The Hall–Kier alpha value is -3.38. The van der Waals surface area contributed by atoms with Crippen LogP contribution in [0.3, 0.4) is 0 Å². The minimum absolute atomic E-state index is 0.0466. The first kappa shape index (κ1) is 23.8. The van der Waals surface area contributed by atoms with Crippen molar-refractivity contribution in [3.63, 3.8) is 0 Å². The molecule has 0 saturated carbocycles. The molecule has 3 aromatic carbocycles. The van der Waals surface area contributed by atoms with Crippen molar-refractivity contribution in [2.45, 2.75) is 38.8 Å². The summed E-state index contributed by atoms with van der Waals surface area (Å²) in [6, 6.07) is 17.6. The predicted molar refractivity (Wildman–Crippen MR) is 132 cm³/mol. The topological polar surface area (TPSA) is 49.9 Å². The van der Waals surface area contributed by atoms with E-state index in [2.05, 4.69) is 0 Å². The lowest BCUT2D eigenvalue weighted by molar-refractivity contribution is -0.118. The van der Waals surface area contributed by atoms with Crippen LogP contribution in [0.2, 0.25) is 5.02 Å². The number of hydrogen-bond acceptors (Lipinski definition) is 3. The molecule has 0 spiro atoms. The maximum absolute atomic E-state index is 13.5. The third kappa shape index (κ3) is 4.38. The molecule has 1 heterocycles. The van der Waals surface area contributed by atoms with Crippen LogP contribution in [0.5, 0.6) is 5.75 Å². The molecule has 4 rings (SSSR count). The molecule has 2 unspecified atom stereocenters. The molecule has 34 heavy (non-hydrogen) atoms. The Morgan fingerprint density at radius 1 is 1.09 bits per heavy atom. The number of rotatable bonds is 5. The van der Waals surface area contributed by atoms with Gasteiger partial charge in [0.25, 0.3) is 5.91 Å². The number of amides is 2. The van der Waals surface area contributed by atoms with Gasteiger partial charge < -0.3 is 14.5 Å². The van der Waals surface area contributed by atoms with E-state index in [9.17, 15) is 14.0 Å². The number of nitrogens with zero attached hydrogens (tertiary/aromatic N) is 2. The lowest BCUT2D eigenvalue weighted by Gasteiger charge is -2.44. The Labute approximate surface area is 203 Å². The van der Waals surface area contributed by atoms with Crippen LogP contribution < -0.4 is 14.5 Å². The van der Waals surface area contributed by atoms with E-state index in [1.807, 2.05) is 44.2 Å². The van der Waals surface area contributed by atoms with E-state index in [0.717, 1.165) is 11.3 Å². The van der Waals surface area contributed by atoms with Crippen molar-refractivity contribution in [1.29, 1.82) is 0 Å². The summed E-state index contributed by atoms with van der Waals surface area (Å²) in [6.07, 6.45) is 0.810. The van der Waals surface area contributed by atoms with Gasteiger partial charge in [0.15, 0.2) is 0 Å². The maximum Gasteiger partial charge on any atom is 0.258 e. The number of hydrogen-bond donors (Lipinski definition) is 0. The molecule has 0 bridgehead atoms. The van der Waals surface area contributed by atoms with E-state index in [1.165, 1.54) is 24.3 Å². The number of methoxy groups -OCH3 is 1. The summed E-state index contributed by atoms with van der Waals surface area (Å²) in [6.45, 7) is 3.78. The highest BCUT2D eigenvalue weighted by atomic mass is 35.5.